The first-order chi connectivity index (χ1) is 8.81. The minimum atomic E-state index is 0.387. The second-order valence-electron chi connectivity index (χ2n) is 6.95. The lowest BCUT2D eigenvalue weighted by atomic mass is 9.99. The molecule has 4 atom stereocenters. The summed E-state index contributed by atoms with van der Waals surface area (Å²) in [7, 11) is 0. The monoisotopic (exact) mass is 248 g/mol. The predicted molar refractivity (Wildman–Crippen MR) is 70.0 cm³/mol. The van der Waals surface area contributed by atoms with Crippen LogP contribution in [0.1, 0.15) is 51.4 Å². The molecule has 0 spiro atoms. The summed E-state index contributed by atoms with van der Waals surface area (Å²) >= 11 is 0. The summed E-state index contributed by atoms with van der Waals surface area (Å²) in [5, 5.41) is 7.00. The van der Waals surface area contributed by atoms with Crippen molar-refractivity contribution < 1.29 is 4.79 Å². The summed E-state index contributed by atoms with van der Waals surface area (Å²) in [6.07, 6.45) is 10.2. The standard InChI is InChI=1S/C15H24N2O/c18-15(14-12-3-1-2-4-13(12)14)17-11-7-9-5-6-10(8-11)16-9/h9-14,16H,1-8H2,(H,17,18). The molecule has 100 valence electrons. The maximum absolute atomic E-state index is 12.3. The van der Waals surface area contributed by atoms with E-state index in [1.165, 1.54) is 38.5 Å². The van der Waals surface area contributed by atoms with Gasteiger partial charge in [-0.3, -0.25) is 4.79 Å². The molecule has 0 aromatic carbocycles. The van der Waals surface area contributed by atoms with E-state index in [2.05, 4.69) is 10.6 Å². The first-order valence-corrected chi connectivity index (χ1v) is 7.87. The van der Waals surface area contributed by atoms with Crippen molar-refractivity contribution in [3.8, 4) is 0 Å². The lowest BCUT2D eigenvalue weighted by Crippen LogP contribution is -2.48. The zero-order valence-electron chi connectivity index (χ0n) is 11.0. The molecule has 2 N–H and O–H groups in total. The van der Waals surface area contributed by atoms with Crippen LogP contribution in [0, 0.1) is 17.8 Å². The van der Waals surface area contributed by atoms with Gasteiger partial charge >= 0.3 is 0 Å². The summed E-state index contributed by atoms with van der Waals surface area (Å²) in [5.74, 6) is 2.27. The van der Waals surface area contributed by atoms with Crippen LogP contribution < -0.4 is 10.6 Å². The number of amides is 1. The highest BCUT2D eigenvalue weighted by atomic mass is 16.2. The number of hydrogen-bond donors (Lipinski definition) is 2. The van der Waals surface area contributed by atoms with Gasteiger partial charge in [-0.25, -0.2) is 0 Å². The van der Waals surface area contributed by atoms with Crippen molar-refractivity contribution in [3.05, 3.63) is 0 Å². The second kappa shape index (κ2) is 4.22. The van der Waals surface area contributed by atoms with E-state index in [1.807, 2.05) is 0 Å². The maximum Gasteiger partial charge on any atom is 0.223 e. The molecule has 4 fully saturated rings. The highest BCUT2D eigenvalue weighted by Crippen LogP contribution is 2.55. The average molecular weight is 248 g/mol. The van der Waals surface area contributed by atoms with Gasteiger partial charge in [0.15, 0.2) is 0 Å². The van der Waals surface area contributed by atoms with Crippen molar-refractivity contribution in [2.45, 2.75) is 69.5 Å². The molecule has 1 amide bonds. The summed E-state index contributed by atoms with van der Waals surface area (Å²) in [6, 6.07) is 1.81. The highest BCUT2D eigenvalue weighted by Gasteiger charge is 2.55. The molecular weight excluding hydrogens is 224 g/mol. The molecule has 0 radical (unpaired) electrons. The number of carbonyl (C=O) groups excluding carboxylic acids is 1. The van der Waals surface area contributed by atoms with E-state index in [0.717, 1.165) is 24.7 Å². The largest absolute Gasteiger partial charge is 0.353 e. The van der Waals surface area contributed by atoms with Gasteiger partial charge in [-0.2, -0.15) is 0 Å². The Labute approximate surface area is 109 Å². The molecule has 3 nitrogen and oxygen atoms in total. The molecule has 0 aromatic rings. The summed E-state index contributed by atoms with van der Waals surface area (Å²) in [4.78, 5) is 12.3. The Morgan fingerprint density at radius 3 is 2.17 bits per heavy atom. The molecular formula is C15H24N2O. The molecule has 18 heavy (non-hydrogen) atoms. The van der Waals surface area contributed by atoms with Crippen LogP contribution in [0.3, 0.4) is 0 Å². The first-order valence-electron chi connectivity index (χ1n) is 7.87. The molecule has 4 rings (SSSR count). The molecule has 2 aliphatic carbocycles. The third-order valence-corrected chi connectivity index (χ3v) is 5.78. The first kappa shape index (κ1) is 11.3. The van der Waals surface area contributed by atoms with Crippen LogP contribution in [-0.4, -0.2) is 24.0 Å². The van der Waals surface area contributed by atoms with Crippen molar-refractivity contribution >= 4 is 5.91 Å². The summed E-state index contributed by atoms with van der Waals surface area (Å²) in [6.45, 7) is 0. The number of nitrogens with one attached hydrogen (secondary N) is 2. The molecule has 3 heteroatoms. The van der Waals surface area contributed by atoms with E-state index >= 15 is 0 Å². The SMILES string of the molecule is O=C(NC1CC2CCC(C1)N2)C1C2CCCCC21. The van der Waals surface area contributed by atoms with Crippen molar-refractivity contribution in [1.29, 1.82) is 0 Å². The Morgan fingerprint density at radius 1 is 0.944 bits per heavy atom. The molecule has 0 aromatic heterocycles. The number of carbonyl (C=O) groups is 1. The molecule has 2 saturated carbocycles. The Bertz CT molecular complexity index is 332. The third kappa shape index (κ3) is 1.87. The molecule has 2 aliphatic heterocycles. The smallest absolute Gasteiger partial charge is 0.223 e. The van der Waals surface area contributed by atoms with Crippen LogP contribution in [0.25, 0.3) is 0 Å². The third-order valence-electron chi connectivity index (χ3n) is 5.78. The van der Waals surface area contributed by atoms with Crippen molar-refractivity contribution in [3.63, 3.8) is 0 Å². The Balaban J connectivity index is 1.33. The topological polar surface area (TPSA) is 41.1 Å². The Morgan fingerprint density at radius 2 is 1.56 bits per heavy atom. The van der Waals surface area contributed by atoms with E-state index < -0.39 is 0 Å². The minimum absolute atomic E-state index is 0.387. The fourth-order valence-electron chi connectivity index (χ4n) is 4.85. The van der Waals surface area contributed by atoms with Crippen molar-refractivity contribution in [1.82, 2.24) is 10.6 Å². The Hall–Kier alpha value is -0.570. The van der Waals surface area contributed by atoms with E-state index in [-0.39, 0.29) is 0 Å². The quantitative estimate of drug-likeness (QED) is 0.782. The molecule has 2 bridgehead atoms. The molecule has 2 saturated heterocycles. The van der Waals surface area contributed by atoms with Gasteiger partial charge in [0.05, 0.1) is 0 Å². The van der Waals surface area contributed by atoms with Gasteiger partial charge in [0.2, 0.25) is 5.91 Å². The van der Waals surface area contributed by atoms with Gasteiger partial charge in [-0.15, -0.1) is 0 Å². The summed E-state index contributed by atoms with van der Waals surface area (Å²) in [5.41, 5.74) is 0. The van der Waals surface area contributed by atoms with E-state index in [4.69, 9.17) is 0 Å². The van der Waals surface area contributed by atoms with Crippen LogP contribution in [0.4, 0.5) is 0 Å². The van der Waals surface area contributed by atoms with Crippen LogP contribution in [0.5, 0.6) is 0 Å². The fourth-order valence-corrected chi connectivity index (χ4v) is 4.85. The van der Waals surface area contributed by atoms with E-state index in [9.17, 15) is 4.79 Å². The Kier molecular flexibility index (Phi) is 2.65. The van der Waals surface area contributed by atoms with Crippen LogP contribution >= 0.6 is 0 Å². The second-order valence-corrected chi connectivity index (χ2v) is 6.95. The van der Waals surface area contributed by atoms with Crippen LogP contribution in [0.2, 0.25) is 0 Å². The average Bonchev–Trinajstić information content (AvgIpc) is 3.01. The van der Waals surface area contributed by atoms with Gasteiger partial charge in [0.1, 0.15) is 0 Å². The zero-order chi connectivity index (χ0) is 12.1. The number of fused-ring (bicyclic) bond motifs is 3. The zero-order valence-corrected chi connectivity index (χ0v) is 11.0. The molecule has 4 aliphatic rings. The molecule has 4 unspecified atom stereocenters. The van der Waals surface area contributed by atoms with Gasteiger partial charge in [-0.1, -0.05) is 12.8 Å². The lowest BCUT2D eigenvalue weighted by Gasteiger charge is -2.29. The highest BCUT2D eigenvalue weighted by molar-refractivity contribution is 5.82. The van der Waals surface area contributed by atoms with Gasteiger partial charge in [0.25, 0.3) is 0 Å². The van der Waals surface area contributed by atoms with Crippen molar-refractivity contribution in [2.75, 3.05) is 0 Å². The van der Waals surface area contributed by atoms with Gasteiger partial charge in [-0.05, 0) is 50.4 Å². The predicted octanol–water partition coefficient (Wildman–Crippen LogP) is 1.82. The minimum Gasteiger partial charge on any atom is -0.353 e. The normalized spacial score (nSPS) is 49.6. The van der Waals surface area contributed by atoms with E-state index in [0.29, 0.717) is 30.0 Å². The van der Waals surface area contributed by atoms with E-state index in [1.54, 1.807) is 0 Å². The molecule has 2 heterocycles. The van der Waals surface area contributed by atoms with Crippen LogP contribution in [0.15, 0.2) is 0 Å². The maximum atomic E-state index is 12.3. The summed E-state index contributed by atoms with van der Waals surface area (Å²) < 4.78 is 0. The van der Waals surface area contributed by atoms with Crippen LogP contribution in [-0.2, 0) is 4.79 Å². The fraction of sp³-hybridized carbons (Fsp3) is 0.933. The number of hydrogen-bond acceptors (Lipinski definition) is 2. The number of rotatable bonds is 2. The lowest BCUT2D eigenvalue weighted by molar-refractivity contribution is -0.123. The number of piperidine rings is 1. The van der Waals surface area contributed by atoms with Crippen molar-refractivity contribution in [2.24, 2.45) is 17.8 Å². The van der Waals surface area contributed by atoms with Gasteiger partial charge < -0.3 is 10.6 Å². The van der Waals surface area contributed by atoms with Gasteiger partial charge in [0, 0.05) is 24.0 Å².